The van der Waals surface area contributed by atoms with Gasteiger partial charge < -0.3 is 10.6 Å². The van der Waals surface area contributed by atoms with Crippen LogP contribution in [0.3, 0.4) is 0 Å². The van der Waals surface area contributed by atoms with Gasteiger partial charge in [0.2, 0.25) is 5.91 Å². The molecule has 0 atom stereocenters. The van der Waals surface area contributed by atoms with Gasteiger partial charge in [-0.3, -0.25) is 9.59 Å². The minimum absolute atomic E-state index is 0.271. The quantitative estimate of drug-likeness (QED) is 0.842. The zero-order chi connectivity index (χ0) is 13.8. The molecular formula is C14H17FN2O2. The smallest absolute Gasteiger partial charge is 0.217 e. The van der Waals surface area contributed by atoms with Gasteiger partial charge in [-0.1, -0.05) is 0 Å². The van der Waals surface area contributed by atoms with Crippen molar-refractivity contribution in [3.05, 3.63) is 29.6 Å². The minimum Gasteiger partial charge on any atom is -0.371 e. The van der Waals surface area contributed by atoms with E-state index in [0.717, 1.165) is 31.6 Å². The molecule has 2 rings (SSSR count). The normalized spacial score (nSPS) is 16.4. The number of carbonyl (C=O) groups is 2. The van der Waals surface area contributed by atoms with Gasteiger partial charge >= 0.3 is 0 Å². The van der Waals surface area contributed by atoms with Gasteiger partial charge in [0.05, 0.1) is 0 Å². The lowest BCUT2D eigenvalue weighted by Gasteiger charge is -2.33. The average molecular weight is 264 g/mol. The number of halogens is 1. The Labute approximate surface area is 111 Å². The molecule has 1 heterocycles. The summed E-state index contributed by atoms with van der Waals surface area (Å²) in [6.45, 7) is 1.50. The number of hydrogen-bond donors (Lipinski definition) is 1. The summed E-state index contributed by atoms with van der Waals surface area (Å²) in [6, 6.07) is 4.34. The van der Waals surface area contributed by atoms with Gasteiger partial charge in [-0.15, -0.1) is 0 Å². The average Bonchev–Trinajstić information content (AvgIpc) is 2.38. The molecule has 1 saturated heterocycles. The second-order valence-electron chi connectivity index (χ2n) is 4.96. The van der Waals surface area contributed by atoms with E-state index in [1.807, 2.05) is 4.90 Å². The highest BCUT2D eigenvalue weighted by molar-refractivity contribution is 5.77. The molecule has 0 radical (unpaired) electrons. The number of nitrogens with two attached hydrogens (primary N) is 1. The molecule has 1 fully saturated rings. The molecule has 1 aliphatic rings. The molecular weight excluding hydrogens is 247 g/mol. The Morgan fingerprint density at radius 2 is 2.05 bits per heavy atom. The largest absolute Gasteiger partial charge is 0.371 e. The highest BCUT2D eigenvalue weighted by atomic mass is 19.1. The van der Waals surface area contributed by atoms with E-state index >= 15 is 0 Å². The van der Waals surface area contributed by atoms with Gasteiger partial charge in [0, 0.05) is 30.8 Å². The minimum atomic E-state index is -0.404. The number of nitrogens with zero attached hydrogens (tertiary/aromatic N) is 1. The fourth-order valence-electron chi connectivity index (χ4n) is 2.53. The third-order valence-corrected chi connectivity index (χ3v) is 3.51. The predicted molar refractivity (Wildman–Crippen MR) is 70.5 cm³/mol. The van der Waals surface area contributed by atoms with Crippen LogP contribution in [-0.4, -0.2) is 25.3 Å². The molecule has 1 aromatic carbocycles. The summed E-state index contributed by atoms with van der Waals surface area (Å²) < 4.78 is 13.4. The molecule has 19 heavy (non-hydrogen) atoms. The van der Waals surface area contributed by atoms with E-state index in [1.165, 1.54) is 12.1 Å². The van der Waals surface area contributed by atoms with Crippen molar-refractivity contribution in [3.8, 4) is 0 Å². The maximum atomic E-state index is 13.4. The van der Waals surface area contributed by atoms with Crippen LogP contribution in [0.5, 0.6) is 0 Å². The van der Waals surface area contributed by atoms with Crippen LogP contribution in [0.25, 0.3) is 0 Å². The number of aldehydes is 1. The molecule has 0 aliphatic carbocycles. The molecule has 0 spiro atoms. The topological polar surface area (TPSA) is 63.4 Å². The molecule has 0 aromatic heterocycles. The second kappa shape index (κ2) is 5.82. The summed E-state index contributed by atoms with van der Waals surface area (Å²) in [4.78, 5) is 23.6. The van der Waals surface area contributed by atoms with Crippen LogP contribution in [0.4, 0.5) is 10.1 Å². The first-order valence-electron chi connectivity index (χ1n) is 6.37. The van der Waals surface area contributed by atoms with E-state index < -0.39 is 5.82 Å². The van der Waals surface area contributed by atoms with Crippen LogP contribution in [0.15, 0.2) is 18.2 Å². The van der Waals surface area contributed by atoms with Gasteiger partial charge in [0.1, 0.15) is 12.1 Å². The van der Waals surface area contributed by atoms with Crippen molar-refractivity contribution < 1.29 is 14.0 Å². The van der Waals surface area contributed by atoms with Crippen LogP contribution >= 0.6 is 0 Å². The molecule has 5 heteroatoms. The van der Waals surface area contributed by atoms with Crippen LogP contribution in [0.2, 0.25) is 0 Å². The van der Waals surface area contributed by atoms with E-state index in [2.05, 4.69) is 0 Å². The summed E-state index contributed by atoms with van der Waals surface area (Å²) >= 11 is 0. The van der Waals surface area contributed by atoms with E-state index in [1.54, 1.807) is 6.07 Å². The van der Waals surface area contributed by atoms with Crippen molar-refractivity contribution in [2.75, 3.05) is 18.0 Å². The SMILES string of the molecule is NC(=O)CC1CCN(c2cc(F)cc(C=O)c2)CC1. The van der Waals surface area contributed by atoms with Gasteiger partial charge in [-0.05, 0) is 37.0 Å². The van der Waals surface area contributed by atoms with Gasteiger partial charge in [0.15, 0.2) is 0 Å². The fourth-order valence-corrected chi connectivity index (χ4v) is 2.53. The van der Waals surface area contributed by atoms with Crippen molar-refractivity contribution >= 4 is 17.9 Å². The fraction of sp³-hybridized carbons (Fsp3) is 0.429. The lowest BCUT2D eigenvalue weighted by atomic mass is 9.93. The standard InChI is InChI=1S/C14H17FN2O2/c15-12-5-11(9-18)6-13(8-12)17-3-1-10(2-4-17)7-14(16)19/h5-6,8-10H,1-4,7H2,(H2,16,19). The Morgan fingerprint density at radius 1 is 1.37 bits per heavy atom. The van der Waals surface area contributed by atoms with Crippen LogP contribution in [0.1, 0.15) is 29.6 Å². The third kappa shape index (κ3) is 3.53. The first-order chi connectivity index (χ1) is 9.08. The highest BCUT2D eigenvalue weighted by Gasteiger charge is 2.21. The Balaban J connectivity index is 2.03. The molecule has 0 unspecified atom stereocenters. The van der Waals surface area contributed by atoms with Crippen molar-refractivity contribution in [3.63, 3.8) is 0 Å². The lowest BCUT2D eigenvalue weighted by Crippen LogP contribution is -2.35. The Kier molecular flexibility index (Phi) is 4.14. The first kappa shape index (κ1) is 13.5. The Hall–Kier alpha value is -1.91. The van der Waals surface area contributed by atoms with Crippen LogP contribution < -0.4 is 10.6 Å². The molecule has 102 valence electrons. The number of anilines is 1. The van der Waals surface area contributed by atoms with Gasteiger partial charge in [-0.2, -0.15) is 0 Å². The summed E-state index contributed by atoms with van der Waals surface area (Å²) in [7, 11) is 0. The van der Waals surface area contributed by atoms with Crippen molar-refractivity contribution in [2.45, 2.75) is 19.3 Å². The molecule has 0 bridgehead atoms. The molecule has 4 nitrogen and oxygen atoms in total. The number of amides is 1. The zero-order valence-corrected chi connectivity index (χ0v) is 10.6. The van der Waals surface area contributed by atoms with Crippen molar-refractivity contribution in [2.24, 2.45) is 11.7 Å². The second-order valence-corrected chi connectivity index (χ2v) is 4.96. The molecule has 2 N–H and O–H groups in total. The number of rotatable bonds is 4. The summed E-state index contributed by atoms with van der Waals surface area (Å²) in [6.07, 6.45) is 2.77. The Morgan fingerprint density at radius 3 is 2.63 bits per heavy atom. The Bertz CT molecular complexity index is 482. The predicted octanol–water partition coefficient (Wildman–Crippen LogP) is 1.73. The van der Waals surface area contributed by atoms with Crippen LogP contribution in [0, 0.1) is 11.7 Å². The number of piperidine rings is 1. The monoisotopic (exact) mass is 264 g/mol. The number of hydrogen-bond acceptors (Lipinski definition) is 3. The maximum Gasteiger partial charge on any atom is 0.217 e. The summed E-state index contributed by atoms with van der Waals surface area (Å²) in [5, 5.41) is 0. The molecule has 1 amide bonds. The van der Waals surface area contributed by atoms with Gasteiger partial charge in [-0.25, -0.2) is 4.39 Å². The first-order valence-corrected chi connectivity index (χ1v) is 6.37. The summed E-state index contributed by atoms with van der Waals surface area (Å²) in [5.74, 6) is -0.362. The van der Waals surface area contributed by atoms with Crippen LogP contribution in [-0.2, 0) is 4.79 Å². The van der Waals surface area contributed by atoms with E-state index in [-0.39, 0.29) is 5.91 Å². The number of primary amides is 1. The summed E-state index contributed by atoms with van der Waals surface area (Å²) in [5.41, 5.74) is 6.25. The zero-order valence-electron chi connectivity index (χ0n) is 10.6. The van der Waals surface area contributed by atoms with Crippen molar-refractivity contribution in [1.29, 1.82) is 0 Å². The molecule has 0 saturated carbocycles. The van der Waals surface area contributed by atoms with Crippen molar-refractivity contribution in [1.82, 2.24) is 0 Å². The van der Waals surface area contributed by atoms with E-state index in [0.29, 0.717) is 24.2 Å². The maximum absolute atomic E-state index is 13.4. The van der Waals surface area contributed by atoms with E-state index in [4.69, 9.17) is 5.73 Å². The third-order valence-electron chi connectivity index (χ3n) is 3.51. The van der Waals surface area contributed by atoms with Gasteiger partial charge in [0.25, 0.3) is 0 Å². The van der Waals surface area contributed by atoms with E-state index in [9.17, 15) is 14.0 Å². The number of benzene rings is 1. The molecule has 1 aromatic rings. The lowest BCUT2D eigenvalue weighted by molar-refractivity contribution is -0.119. The highest BCUT2D eigenvalue weighted by Crippen LogP contribution is 2.26. The molecule has 1 aliphatic heterocycles. The number of carbonyl (C=O) groups excluding carboxylic acids is 2.